The summed E-state index contributed by atoms with van der Waals surface area (Å²) in [7, 11) is 0. The summed E-state index contributed by atoms with van der Waals surface area (Å²) in [5, 5.41) is 2.89. The molecular formula is C22H22N2O3. The van der Waals surface area contributed by atoms with Gasteiger partial charge in [0.25, 0.3) is 0 Å². The number of cyclic esters (lactones) is 1. The second-order valence-corrected chi connectivity index (χ2v) is 7.17. The third-order valence-electron chi connectivity index (χ3n) is 5.05. The van der Waals surface area contributed by atoms with Gasteiger partial charge in [0.1, 0.15) is 12.6 Å². The highest BCUT2D eigenvalue weighted by Gasteiger charge is 2.50. The van der Waals surface area contributed by atoms with Crippen molar-refractivity contribution in [3.63, 3.8) is 0 Å². The molecule has 1 N–H and O–H groups in total. The SMILES string of the molecule is Cc1cc(C)cc(/C=C/[C@H]2NC(=O)[C@@H]2N2C(=O)OC[C@@H]2c2ccccc2)c1. The Morgan fingerprint density at radius 1 is 1.07 bits per heavy atom. The van der Waals surface area contributed by atoms with Gasteiger partial charge in [-0.2, -0.15) is 0 Å². The molecule has 5 heteroatoms. The van der Waals surface area contributed by atoms with Crippen LogP contribution in [-0.4, -0.2) is 35.6 Å². The van der Waals surface area contributed by atoms with E-state index >= 15 is 0 Å². The number of carbonyl (C=O) groups excluding carboxylic acids is 2. The van der Waals surface area contributed by atoms with Crippen LogP contribution < -0.4 is 5.32 Å². The van der Waals surface area contributed by atoms with Gasteiger partial charge in [-0.05, 0) is 25.0 Å². The molecule has 138 valence electrons. The summed E-state index contributed by atoms with van der Waals surface area (Å²) in [5.41, 5.74) is 4.43. The third kappa shape index (κ3) is 3.33. The van der Waals surface area contributed by atoms with E-state index in [1.807, 2.05) is 42.5 Å². The van der Waals surface area contributed by atoms with Crippen molar-refractivity contribution in [2.45, 2.75) is 32.0 Å². The highest BCUT2D eigenvalue weighted by molar-refractivity contribution is 5.93. The molecular weight excluding hydrogens is 340 g/mol. The summed E-state index contributed by atoms with van der Waals surface area (Å²) in [6, 6.07) is 15.0. The second kappa shape index (κ2) is 6.91. The Kier molecular flexibility index (Phi) is 4.44. The predicted octanol–water partition coefficient (Wildman–Crippen LogP) is 3.38. The van der Waals surface area contributed by atoms with Gasteiger partial charge in [-0.1, -0.05) is 71.8 Å². The molecule has 0 aromatic heterocycles. The molecule has 2 aromatic carbocycles. The van der Waals surface area contributed by atoms with E-state index in [0.717, 1.165) is 11.1 Å². The molecule has 2 heterocycles. The van der Waals surface area contributed by atoms with Gasteiger partial charge in [0.15, 0.2) is 0 Å². The second-order valence-electron chi connectivity index (χ2n) is 7.17. The zero-order valence-electron chi connectivity index (χ0n) is 15.4. The van der Waals surface area contributed by atoms with Crippen molar-refractivity contribution in [3.8, 4) is 0 Å². The van der Waals surface area contributed by atoms with Crippen molar-refractivity contribution in [2.24, 2.45) is 0 Å². The average molecular weight is 362 g/mol. The van der Waals surface area contributed by atoms with E-state index in [9.17, 15) is 9.59 Å². The van der Waals surface area contributed by atoms with Gasteiger partial charge >= 0.3 is 6.09 Å². The number of carbonyl (C=O) groups is 2. The first-order valence-corrected chi connectivity index (χ1v) is 9.10. The maximum atomic E-state index is 12.3. The van der Waals surface area contributed by atoms with E-state index in [1.54, 1.807) is 4.90 Å². The molecule has 2 aliphatic rings. The molecule has 0 unspecified atom stereocenters. The van der Waals surface area contributed by atoms with E-state index in [4.69, 9.17) is 4.74 Å². The number of β-lactam (4-membered cyclic amide) rings is 1. The van der Waals surface area contributed by atoms with Crippen molar-refractivity contribution < 1.29 is 14.3 Å². The van der Waals surface area contributed by atoms with E-state index in [2.05, 4.69) is 37.4 Å². The smallest absolute Gasteiger partial charge is 0.411 e. The number of nitrogens with zero attached hydrogens (tertiary/aromatic N) is 1. The van der Waals surface area contributed by atoms with E-state index in [-0.39, 0.29) is 24.6 Å². The molecule has 4 rings (SSSR count). The monoisotopic (exact) mass is 362 g/mol. The fourth-order valence-electron chi connectivity index (χ4n) is 3.84. The molecule has 0 saturated carbocycles. The topological polar surface area (TPSA) is 58.6 Å². The number of aryl methyl sites for hydroxylation is 2. The standard InChI is InChI=1S/C22H22N2O3/c1-14-10-15(2)12-16(11-14)8-9-18-20(21(25)23-18)24-19(13-27-22(24)26)17-6-4-3-5-7-17/h3-12,18-20H,13H2,1-2H3,(H,23,25)/b9-8+/t18-,19-,20-/m1/s1. The summed E-state index contributed by atoms with van der Waals surface area (Å²) in [6.45, 7) is 4.38. The Labute approximate surface area is 158 Å². The number of rotatable bonds is 4. The molecule has 2 aromatic rings. The first-order chi connectivity index (χ1) is 13.0. The largest absolute Gasteiger partial charge is 0.447 e. The van der Waals surface area contributed by atoms with Crippen molar-refractivity contribution in [3.05, 3.63) is 76.9 Å². The van der Waals surface area contributed by atoms with Crippen LogP contribution in [0.1, 0.15) is 28.3 Å². The molecule has 5 nitrogen and oxygen atoms in total. The number of nitrogens with one attached hydrogen (secondary N) is 1. The third-order valence-corrected chi connectivity index (χ3v) is 5.05. The molecule has 0 radical (unpaired) electrons. The lowest BCUT2D eigenvalue weighted by Gasteiger charge is -2.41. The summed E-state index contributed by atoms with van der Waals surface area (Å²) in [6.07, 6.45) is 3.51. The first-order valence-electron chi connectivity index (χ1n) is 9.10. The lowest BCUT2D eigenvalue weighted by Crippen LogP contribution is -2.68. The van der Waals surface area contributed by atoms with E-state index < -0.39 is 12.1 Å². The van der Waals surface area contributed by atoms with Crippen LogP contribution in [0.3, 0.4) is 0 Å². The molecule has 0 bridgehead atoms. The van der Waals surface area contributed by atoms with Gasteiger partial charge in [-0.15, -0.1) is 0 Å². The van der Waals surface area contributed by atoms with Crippen LogP contribution in [0.4, 0.5) is 4.79 Å². The minimum Gasteiger partial charge on any atom is -0.447 e. The fourth-order valence-corrected chi connectivity index (χ4v) is 3.84. The summed E-state index contributed by atoms with van der Waals surface area (Å²) in [5.74, 6) is -0.148. The summed E-state index contributed by atoms with van der Waals surface area (Å²) in [4.78, 5) is 26.2. The summed E-state index contributed by atoms with van der Waals surface area (Å²) >= 11 is 0. The molecule has 2 aliphatic heterocycles. The van der Waals surface area contributed by atoms with Crippen LogP contribution in [0.5, 0.6) is 0 Å². The molecule has 2 amide bonds. The van der Waals surface area contributed by atoms with Gasteiger partial charge in [-0.25, -0.2) is 4.79 Å². The van der Waals surface area contributed by atoms with Gasteiger partial charge in [0.2, 0.25) is 5.91 Å². The maximum absolute atomic E-state index is 12.3. The van der Waals surface area contributed by atoms with Crippen molar-refractivity contribution >= 4 is 18.1 Å². The zero-order valence-corrected chi connectivity index (χ0v) is 15.4. The number of hydrogen-bond donors (Lipinski definition) is 1. The Bertz CT molecular complexity index is 887. The lowest BCUT2D eigenvalue weighted by atomic mass is 9.93. The Hall–Kier alpha value is -3.08. The minimum absolute atomic E-state index is 0.148. The number of ether oxygens (including phenoxy) is 1. The zero-order chi connectivity index (χ0) is 19.0. The number of benzene rings is 2. The molecule has 0 aliphatic carbocycles. The van der Waals surface area contributed by atoms with Gasteiger partial charge in [-0.3, -0.25) is 9.69 Å². The minimum atomic E-state index is -0.549. The quantitative estimate of drug-likeness (QED) is 0.849. The lowest BCUT2D eigenvalue weighted by molar-refractivity contribution is -0.134. The van der Waals surface area contributed by atoms with Crippen molar-refractivity contribution in [1.82, 2.24) is 10.2 Å². The molecule has 0 spiro atoms. The van der Waals surface area contributed by atoms with Crippen molar-refractivity contribution in [1.29, 1.82) is 0 Å². The molecule has 2 saturated heterocycles. The van der Waals surface area contributed by atoms with Crippen LogP contribution >= 0.6 is 0 Å². The van der Waals surface area contributed by atoms with Gasteiger partial charge < -0.3 is 10.1 Å². The highest BCUT2D eigenvalue weighted by Crippen LogP contribution is 2.33. The fraction of sp³-hybridized carbons (Fsp3) is 0.273. The Morgan fingerprint density at radius 2 is 1.78 bits per heavy atom. The van der Waals surface area contributed by atoms with E-state index in [0.29, 0.717) is 0 Å². The Balaban J connectivity index is 1.57. The highest BCUT2D eigenvalue weighted by atomic mass is 16.6. The first kappa shape index (κ1) is 17.3. The van der Waals surface area contributed by atoms with E-state index in [1.165, 1.54) is 11.1 Å². The van der Waals surface area contributed by atoms with Crippen LogP contribution in [0.25, 0.3) is 6.08 Å². The Morgan fingerprint density at radius 3 is 2.44 bits per heavy atom. The van der Waals surface area contributed by atoms with Crippen LogP contribution in [0, 0.1) is 13.8 Å². The van der Waals surface area contributed by atoms with Crippen LogP contribution in [0.15, 0.2) is 54.6 Å². The predicted molar refractivity (Wildman–Crippen MR) is 103 cm³/mol. The van der Waals surface area contributed by atoms with Crippen LogP contribution in [-0.2, 0) is 9.53 Å². The molecule has 27 heavy (non-hydrogen) atoms. The number of hydrogen-bond acceptors (Lipinski definition) is 3. The molecule has 3 atom stereocenters. The molecule has 2 fully saturated rings. The summed E-state index contributed by atoms with van der Waals surface area (Å²) < 4.78 is 5.26. The van der Waals surface area contributed by atoms with Crippen molar-refractivity contribution in [2.75, 3.05) is 6.61 Å². The normalized spacial score (nSPS) is 24.7. The van der Waals surface area contributed by atoms with Gasteiger partial charge in [0, 0.05) is 0 Å². The average Bonchev–Trinajstić information content (AvgIpc) is 2.99. The van der Waals surface area contributed by atoms with Gasteiger partial charge in [0.05, 0.1) is 12.1 Å². The van der Waals surface area contributed by atoms with Crippen LogP contribution in [0.2, 0.25) is 0 Å². The maximum Gasteiger partial charge on any atom is 0.411 e. The number of amides is 2.